The minimum absolute atomic E-state index is 0.420. The molecule has 1 aliphatic carbocycles. The second-order valence-electron chi connectivity index (χ2n) is 7.08. The highest BCUT2D eigenvalue weighted by molar-refractivity contribution is 5.87. The van der Waals surface area contributed by atoms with Gasteiger partial charge in [-0.2, -0.15) is 0 Å². The zero-order valence-corrected chi connectivity index (χ0v) is 12.6. The molecule has 0 saturated heterocycles. The van der Waals surface area contributed by atoms with E-state index in [-0.39, 0.29) is 0 Å². The Kier molecular flexibility index (Phi) is 2.96. The molecule has 1 N–H and O–H groups in total. The third kappa shape index (κ3) is 2.09. The highest BCUT2D eigenvalue weighted by Gasteiger charge is 2.30. The average molecular weight is 255 g/mol. The van der Waals surface area contributed by atoms with Crippen molar-refractivity contribution in [1.82, 2.24) is 4.98 Å². The molecule has 0 radical (unpaired) electrons. The lowest BCUT2D eigenvalue weighted by atomic mass is 9.71. The normalized spacial score (nSPS) is 19.7. The number of fused-ring (bicyclic) bond motifs is 3. The van der Waals surface area contributed by atoms with Gasteiger partial charge in [0.2, 0.25) is 0 Å². The summed E-state index contributed by atoms with van der Waals surface area (Å²) in [7, 11) is 0. The maximum absolute atomic E-state index is 3.71. The zero-order chi connectivity index (χ0) is 13.6. The first-order valence-corrected chi connectivity index (χ1v) is 7.62. The number of H-pyrrole nitrogens is 1. The van der Waals surface area contributed by atoms with Crippen LogP contribution in [0.3, 0.4) is 0 Å². The summed E-state index contributed by atoms with van der Waals surface area (Å²) in [5.41, 5.74) is 6.36. The molecule has 3 rings (SSSR count). The van der Waals surface area contributed by atoms with Gasteiger partial charge in [0.25, 0.3) is 0 Å². The average Bonchev–Trinajstić information content (AvgIpc) is 2.75. The highest BCUT2D eigenvalue weighted by Crippen LogP contribution is 2.40. The van der Waals surface area contributed by atoms with E-state index in [1.54, 1.807) is 5.56 Å². The summed E-state index contributed by atoms with van der Waals surface area (Å²) >= 11 is 0. The summed E-state index contributed by atoms with van der Waals surface area (Å²) in [6.07, 6.45) is 4.89. The Labute approximate surface area is 116 Å². The third-order valence-electron chi connectivity index (χ3n) is 4.92. The molecule has 1 heterocycles. The van der Waals surface area contributed by atoms with Crippen LogP contribution in [-0.4, -0.2) is 4.98 Å². The first-order valence-electron chi connectivity index (χ1n) is 7.62. The van der Waals surface area contributed by atoms with Gasteiger partial charge >= 0.3 is 0 Å². The van der Waals surface area contributed by atoms with Crippen LogP contribution in [0.25, 0.3) is 10.9 Å². The van der Waals surface area contributed by atoms with Crippen LogP contribution in [0.2, 0.25) is 0 Å². The molecule has 1 aromatic carbocycles. The van der Waals surface area contributed by atoms with Gasteiger partial charge < -0.3 is 4.98 Å². The molecule has 0 bridgehead atoms. The van der Waals surface area contributed by atoms with Gasteiger partial charge in [-0.15, -0.1) is 0 Å². The Morgan fingerprint density at radius 1 is 1.26 bits per heavy atom. The fourth-order valence-electron chi connectivity index (χ4n) is 3.54. The molecule has 1 atom stereocenters. The van der Waals surface area contributed by atoms with Crippen LogP contribution in [0.4, 0.5) is 0 Å². The van der Waals surface area contributed by atoms with E-state index < -0.39 is 0 Å². The van der Waals surface area contributed by atoms with Crippen molar-refractivity contribution in [3.63, 3.8) is 0 Å². The van der Waals surface area contributed by atoms with Crippen molar-refractivity contribution in [3.05, 3.63) is 35.0 Å². The van der Waals surface area contributed by atoms with Gasteiger partial charge in [0.05, 0.1) is 0 Å². The van der Waals surface area contributed by atoms with E-state index in [0.717, 1.165) is 12.3 Å². The molecule has 0 aliphatic heterocycles. The molecule has 1 heteroatoms. The van der Waals surface area contributed by atoms with Crippen molar-refractivity contribution in [2.24, 2.45) is 11.3 Å². The van der Waals surface area contributed by atoms with Gasteiger partial charge in [-0.1, -0.05) is 45.9 Å². The number of hydrogen-bond donors (Lipinski definition) is 1. The van der Waals surface area contributed by atoms with Crippen LogP contribution in [0.1, 0.15) is 50.9 Å². The van der Waals surface area contributed by atoms with Crippen molar-refractivity contribution in [2.45, 2.75) is 53.4 Å². The minimum Gasteiger partial charge on any atom is -0.358 e. The Balaban J connectivity index is 2.09. The molecule has 0 saturated carbocycles. The molecule has 2 aromatic rings. The molecule has 1 nitrogen and oxygen atoms in total. The monoisotopic (exact) mass is 255 g/mol. The molecule has 1 aromatic heterocycles. The van der Waals surface area contributed by atoms with E-state index in [0.29, 0.717) is 5.41 Å². The lowest BCUT2D eigenvalue weighted by molar-refractivity contribution is 0.216. The van der Waals surface area contributed by atoms with Crippen LogP contribution < -0.4 is 0 Å². The van der Waals surface area contributed by atoms with Crippen molar-refractivity contribution in [2.75, 3.05) is 0 Å². The van der Waals surface area contributed by atoms with Crippen LogP contribution in [0.15, 0.2) is 18.2 Å². The second-order valence-corrected chi connectivity index (χ2v) is 7.08. The van der Waals surface area contributed by atoms with E-state index in [4.69, 9.17) is 0 Å². The smallest absolute Gasteiger partial charge is 0.0491 e. The van der Waals surface area contributed by atoms with Crippen molar-refractivity contribution in [1.29, 1.82) is 0 Å². The van der Waals surface area contributed by atoms with Gasteiger partial charge in [0.15, 0.2) is 0 Å². The lowest BCUT2D eigenvalue weighted by Crippen LogP contribution is -2.26. The quantitative estimate of drug-likeness (QED) is 0.747. The first kappa shape index (κ1) is 12.8. The molecule has 19 heavy (non-hydrogen) atoms. The largest absolute Gasteiger partial charge is 0.358 e. The fourth-order valence-corrected chi connectivity index (χ4v) is 3.54. The SMILES string of the molecule is CCc1cccc2c3c([nH]c12)CCC(C(C)(C)C)C3. The molecule has 0 amide bonds. The zero-order valence-electron chi connectivity index (χ0n) is 12.6. The summed E-state index contributed by atoms with van der Waals surface area (Å²) in [6.45, 7) is 9.39. The standard InChI is InChI=1S/C18H25N/c1-5-12-7-6-8-14-15-11-13(18(2,3)4)9-10-16(15)19-17(12)14/h6-8,13,19H,5,9-11H2,1-4H3. The number of rotatable bonds is 1. The molecule has 1 unspecified atom stereocenters. The van der Waals surface area contributed by atoms with Crippen LogP contribution in [0.5, 0.6) is 0 Å². The summed E-state index contributed by atoms with van der Waals surface area (Å²) in [5.74, 6) is 0.810. The highest BCUT2D eigenvalue weighted by atomic mass is 14.7. The fraction of sp³-hybridized carbons (Fsp3) is 0.556. The molecule has 1 aliphatic rings. The van der Waals surface area contributed by atoms with E-state index in [1.165, 1.54) is 41.4 Å². The molecule has 0 fully saturated rings. The maximum Gasteiger partial charge on any atom is 0.0491 e. The summed E-state index contributed by atoms with van der Waals surface area (Å²) in [6, 6.07) is 6.77. The topological polar surface area (TPSA) is 15.8 Å². The van der Waals surface area contributed by atoms with E-state index in [9.17, 15) is 0 Å². The van der Waals surface area contributed by atoms with Crippen molar-refractivity contribution in [3.8, 4) is 0 Å². The molecular formula is C18H25N. The summed E-state index contributed by atoms with van der Waals surface area (Å²) in [5, 5.41) is 1.48. The van der Waals surface area contributed by atoms with Gasteiger partial charge in [0, 0.05) is 16.6 Å². The Bertz CT molecular complexity index is 598. The number of benzene rings is 1. The van der Waals surface area contributed by atoms with Gasteiger partial charge in [-0.05, 0) is 48.1 Å². The van der Waals surface area contributed by atoms with Gasteiger partial charge in [-0.25, -0.2) is 0 Å². The van der Waals surface area contributed by atoms with Crippen molar-refractivity contribution < 1.29 is 0 Å². The van der Waals surface area contributed by atoms with Crippen LogP contribution >= 0.6 is 0 Å². The number of aryl methyl sites for hydroxylation is 2. The third-order valence-corrected chi connectivity index (χ3v) is 4.92. The van der Waals surface area contributed by atoms with E-state index >= 15 is 0 Å². The van der Waals surface area contributed by atoms with Crippen molar-refractivity contribution >= 4 is 10.9 Å². The minimum atomic E-state index is 0.420. The van der Waals surface area contributed by atoms with Crippen LogP contribution in [0, 0.1) is 11.3 Å². The second kappa shape index (κ2) is 4.40. The number of hydrogen-bond acceptors (Lipinski definition) is 0. The maximum atomic E-state index is 3.71. The predicted molar refractivity (Wildman–Crippen MR) is 82.6 cm³/mol. The molecule has 102 valence electrons. The van der Waals surface area contributed by atoms with Gasteiger partial charge in [0.1, 0.15) is 0 Å². The Morgan fingerprint density at radius 2 is 2.05 bits per heavy atom. The molecular weight excluding hydrogens is 230 g/mol. The Hall–Kier alpha value is -1.24. The van der Waals surface area contributed by atoms with E-state index in [2.05, 4.69) is 50.9 Å². The summed E-state index contributed by atoms with van der Waals surface area (Å²) < 4.78 is 0. The van der Waals surface area contributed by atoms with Gasteiger partial charge in [-0.3, -0.25) is 0 Å². The molecule has 0 spiro atoms. The van der Waals surface area contributed by atoms with E-state index in [1.807, 2.05) is 0 Å². The number of aromatic amines is 1. The summed E-state index contributed by atoms with van der Waals surface area (Å²) in [4.78, 5) is 3.71. The first-order chi connectivity index (χ1) is 9.00. The Morgan fingerprint density at radius 3 is 2.74 bits per heavy atom. The number of para-hydroxylation sites is 1. The number of nitrogens with one attached hydrogen (secondary N) is 1. The predicted octanol–water partition coefficient (Wildman–Crippen LogP) is 4.88. The van der Waals surface area contributed by atoms with Crippen LogP contribution in [-0.2, 0) is 19.3 Å². The number of aromatic nitrogens is 1. The lowest BCUT2D eigenvalue weighted by Gasteiger charge is -2.34.